The van der Waals surface area contributed by atoms with Gasteiger partial charge in [0, 0.05) is 0 Å². The van der Waals surface area contributed by atoms with Crippen LogP contribution in [0.3, 0.4) is 0 Å². The second-order valence-electron chi connectivity index (χ2n) is 1.67. The SMILES string of the molecule is Fc1nc(CCl)nc(Cl)c1Cl. The molecule has 0 amide bonds. The topological polar surface area (TPSA) is 25.8 Å². The number of hydrogen-bond donors (Lipinski definition) is 0. The second kappa shape index (κ2) is 3.52. The fourth-order valence-electron chi connectivity index (χ4n) is 0.495. The molecule has 0 aliphatic carbocycles. The Morgan fingerprint density at radius 2 is 1.91 bits per heavy atom. The van der Waals surface area contributed by atoms with E-state index >= 15 is 0 Å². The third kappa shape index (κ3) is 1.92. The maximum Gasteiger partial charge on any atom is 0.236 e. The summed E-state index contributed by atoms with van der Waals surface area (Å²) in [4.78, 5) is 6.93. The number of halogens is 4. The highest BCUT2D eigenvalue weighted by molar-refractivity contribution is 6.41. The van der Waals surface area contributed by atoms with Crippen LogP contribution in [-0.4, -0.2) is 9.97 Å². The Kier molecular flexibility index (Phi) is 2.87. The van der Waals surface area contributed by atoms with Crippen molar-refractivity contribution in [1.29, 1.82) is 0 Å². The molecule has 11 heavy (non-hydrogen) atoms. The third-order valence-corrected chi connectivity index (χ3v) is 1.88. The first-order chi connectivity index (χ1) is 5.15. The molecule has 0 saturated heterocycles. The molecule has 2 nitrogen and oxygen atoms in total. The van der Waals surface area contributed by atoms with E-state index in [4.69, 9.17) is 34.8 Å². The summed E-state index contributed by atoms with van der Waals surface area (Å²) in [6.45, 7) is 0. The Morgan fingerprint density at radius 3 is 2.36 bits per heavy atom. The minimum absolute atomic E-state index is 0.00775. The summed E-state index contributed by atoms with van der Waals surface area (Å²) in [5.74, 6) is -0.714. The quantitative estimate of drug-likeness (QED) is 0.532. The van der Waals surface area contributed by atoms with Crippen LogP contribution in [0.15, 0.2) is 0 Å². The Bertz CT molecular complexity index is 255. The second-order valence-corrected chi connectivity index (χ2v) is 2.67. The van der Waals surface area contributed by atoms with E-state index in [9.17, 15) is 4.39 Å². The molecule has 60 valence electrons. The Balaban J connectivity index is 3.21. The van der Waals surface area contributed by atoms with E-state index in [-0.39, 0.29) is 21.9 Å². The lowest BCUT2D eigenvalue weighted by atomic mass is 10.6. The normalized spacial score (nSPS) is 10.2. The zero-order valence-electron chi connectivity index (χ0n) is 5.11. The highest BCUT2D eigenvalue weighted by atomic mass is 35.5. The van der Waals surface area contributed by atoms with Gasteiger partial charge in [-0.15, -0.1) is 11.6 Å². The molecule has 1 aromatic heterocycles. The molecule has 0 unspecified atom stereocenters. The van der Waals surface area contributed by atoms with Crippen LogP contribution < -0.4 is 0 Å². The summed E-state index contributed by atoms with van der Waals surface area (Å²) in [5, 5.41) is -0.393. The first-order valence-electron chi connectivity index (χ1n) is 2.58. The fraction of sp³-hybridized carbons (Fsp3) is 0.200. The predicted molar refractivity (Wildman–Crippen MR) is 41.6 cm³/mol. The van der Waals surface area contributed by atoms with Crippen LogP contribution >= 0.6 is 34.8 Å². The summed E-state index contributed by atoms with van der Waals surface area (Å²) < 4.78 is 12.6. The van der Waals surface area contributed by atoms with Crippen LogP contribution in [0.2, 0.25) is 10.2 Å². The molecule has 0 spiro atoms. The van der Waals surface area contributed by atoms with Gasteiger partial charge in [0.15, 0.2) is 5.15 Å². The highest BCUT2D eigenvalue weighted by Gasteiger charge is 2.09. The first-order valence-corrected chi connectivity index (χ1v) is 3.87. The lowest BCUT2D eigenvalue weighted by molar-refractivity contribution is 0.574. The van der Waals surface area contributed by atoms with E-state index in [1.54, 1.807) is 0 Å². The molecule has 0 saturated carbocycles. The number of rotatable bonds is 1. The van der Waals surface area contributed by atoms with Crippen molar-refractivity contribution in [3.05, 3.63) is 21.9 Å². The summed E-state index contributed by atoms with van der Waals surface area (Å²) in [5.41, 5.74) is 0. The van der Waals surface area contributed by atoms with Gasteiger partial charge >= 0.3 is 0 Å². The molecular formula is C5H2Cl3FN2. The first kappa shape index (κ1) is 8.97. The van der Waals surface area contributed by atoms with E-state index in [1.165, 1.54) is 0 Å². The number of hydrogen-bond acceptors (Lipinski definition) is 2. The largest absolute Gasteiger partial charge is 0.236 e. The van der Waals surface area contributed by atoms with Crippen LogP contribution in [0.4, 0.5) is 4.39 Å². The van der Waals surface area contributed by atoms with Crippen LogP contribution in [-0.2, 0) is 5.88 Å². The van der Waals surface area contributed by atoms with E-state index in [0.717, 1.165) is 0 Å². The summed E-state index contributed by atoms with van der Waals surface area (Å²) in [6.07, 6.45) is 0. The molecule has 0 aliphatic heterocycles. The molecule has 0 atom stereocenters. The molecule has 6 heteroatoms. The minimum atomic E-state index is -0.845. The number of nitrogens with zero attached hydrogens (tertiary/aromatic N) is 2. The van der Waals surface area contributed by atoms with Gasteiger partial charge in [-0.2, -0.15) is 4.39 Å². The molecule has 0 radical (unpaired) electrons. The van der Waals surface area contributed by atoms with Gasteiger partial charge in [-0.05, 0) is 0 Å². The molecule has 1 aromatic rings. The maximum absolute atomic E-state index is 12.6. The third-order valence-electron chi connectivity index (χ3n) is 0.936. The van der Waals surface area contributed by atoms with E-state index < -0.39 is 5.95 Å². The van der Waals surface area contributed by atoms with Gasteiger partial charge in [0.05, 0.1) is 5.88 Å². The lowest BCUT2D eigenvalue weighted by Crippen LogP contribution is -1.96. The monoisotopic (exact) mass is 214 g/mol. The number of alkyl halides is 1. The summed E-state index contributed by atoms with van der Waals surface area (Å²) in [6, 6.07) is 0. The van der Waals surface area contributed by atoms with Crippen LogP contribution in [0.25, 0.3) is 0 Å². The highest BCUT2D eigenvalue weighted by Crippen LogP contribution is 2.21. The summed E-state index contributed by atoms with van der Waals surface area (Å²) in [7, 11) is 0. The van der Waals surface area contributed by atoms with Crippen LogP contribution in [0.1, 0.15) is 5.82 Å². The van der Waals surface area contributed by atoms with Gasteiger partial charge in [-0.3, -0.25) is 0 Å². The fourth-order valence-corrected chi connectivity index (χ4v) is 0.874. The van der Waals surface area contributed by atoms with Crippen molar-refractivity contribution in [3.63, 3.8) is 0 Å². The molecule has 0 aliphatic rings. The number of aromatic nitrogens is 2. The van der Waals surface area contributed by atoms with Crippen molar-refractivity contribution in [1.82, 2.24) is 9.97 Å². The van der Waals surface area contributed by atoms with Crippen molar-refractivity contribution in [2.75, 3.05) is 0 Å². The van der Waals surface area contributed by atoms with Crippen molar-refractivity contribution >= 4 is 34.8 Å². The van der Waals surface area contributed by atoms with Crippen LogP contribution in [0.5, 0.6) is 0 Å². The van der Waals surface area contributed by atoms with Gasteiger partial charge in [0.1, 0.15) is 10.8 Å². The molecular weight excluding hydrogens is 213 g/mol. The standard InChI is InChI=1S/C5H2Cl3FN2/c6-1-2-10-4(8)3(7)5(9)11-2/h1H2. The molecule has 1 heterocycles. The van der Waals surface area contributed by atoms with Crippen molar-refractivity contribution in [2.45, 2.75) is 5.88 Å². The molecule has 0 bridgehead atoms. The van der Waals surface area contributed by atoms with E-state index in [0.29, 0.717) is 0 Å². The van der Waals surface area contributed by atoms with Gasteiger partial charge in [0.25, 0.3) is 0 Å². The minimum Gasteiger partial charge on any atom is -0.218 e. The molecule has 0 fully saturated rings. The Hall–Kier alpha value is -0.120. The Labute approximate surface area is 77.3 Å². The van der Waals surface area contributed by atoms with Gasteiger partial charge in [-0.25, -0.2) is 9.97 Å². The van der Waals surface area contributed by atoms with Crippen molar-refractivity contribution < 1.29 is 4.39 Å². The molecule has 1 rings (SSSR count). The van der Waals surface area contributed by atoms with Crippen molar-refractivity contribution in [2.24, 2.45) is 0 Å². The molecule has 0 aromatic carbocycles. The predicted octanol–water partition coefficient (Wildman–Crippen LogP) is 2.66. The van der Waals surface area contributed by atoms with Gasteiger partial charge in [-0.1, -0.05) is 23.2 Å². The summed E-state index contributed by atoms with van der Waals surface area (Å²) >= 11 is 16.1. The zero-order chi connectivity index (χ0) is 8.43. The zero-order valence-corrected chi connectivity index (χ0v) is 7.38. The van der Waals surface area contributed by atoms with Gasteiger partial charge < -0.3 is 0 Å². The average molecular weight is 215 g/mol. The smallest absolute Gasteiger partial charge is 0.218 e. The van der Waals surface area contributed by atoms with E-state index in [2.05, 4.69) is 9.97 Å². The molecule has 0 N–H and O–H groups in total. The van der Waals surface area contributed by atoms with Crippen LogP contribution in [0, 0.1) is 5.95 Å². The Morgan fingerprint density at radius 1 is 1.27 bits per heavy atom. The maximum atomic E-state index is 12.6. The average Bonchev–Trinajstić information content (AvgIpc) is 1.99. The van der Waals surface area contributed by atoms with Crippen molar-refractivity contribution in [3.8, 4) is 0 Å². The van der Waals surface area contributed by atoms with Gasteiger partial charge in [0.2, 0.25) is 5.95 Å². The van der Waals surface area contributed by atoms with E-state index in [1.807, 2.05) is 0 Å². The lowest BCUT2D eigenvalue weighted by Gasteiger charge is -1.97.